The summed E-state index contributed by atoms with van der Waals surface area (Å²) in [6.07, 6.45) is 2.38. The molecule has 3 rings (SSSR count). The van der Waals surface area contributed by atoms with E-state index in [-0.39, 0.29) is 5.91 Å². The average molecular weight is 412 g/mol. The number of nitrogens with zero attached hydrogens (tertiary/aromatic N) is 1. The van der Waals surface area contributed by atoms with Crippen LogP contribution in [0.5, 0.6) is 0 Å². The molecule has 0 bridgehead atoms. The second-order valence-corrected chi connectivity index (χ2v) is 7.96. The van der Waals surface area contributed by atoms with Crippen molar-refractivity contribution in [2.75, 3.05) is 36.4 Å². The van der Waals surface area contributed by atoms with Gasteiger partial charge in [-0.05, 0) is 42.9 Å². The highest BCUT2D eigenvalue weighted by molar-refractivity contribution is 7.80. The summed E-state index contributed by atoms with van der Waals surface area (Å²) in [6, 6.07) is 19.0. The zero-order chi connectivity index (χ0) is 20.5. The van der Waals surface area contributed by atoms with Crippen LogP contribution >= 0.6 is 12.2 Å². The maximum absolute atomic E-state index is 11.8. The lowest BCUT2D eigenvalue weighted by molar-refractivity contribution is -0.914. The Morgan fingerprint density at radius 2 is 1.76 bits per heavy atom. The Labute approximate surface area is 179 Å². The number of piperazine rings is 1. The number of hydrogen-bond acceptors (Lipinski definition) is 3. The van der Waals surface area contributed by atoms with Gasteiger partial charge in [-0.2, -0.15) is 0 Å². The standard InChI is InChI=1S/C23H30N4OS/c1-2-3-9-22(28)25-23(29)24-20-10-12-21(13-11-20)27-16-14-26(15-17-27)18-19-7-5-4-6-8-19/h4-8,10-13H,2-3,9,14-18H2,1H3,(H2,24,25,28,29)/p+1. The Morgan fingerprint density at radius 1 is 1.07 bits per heavy atom. The molecule has 1 aliphatic heterocycles. The molecule has 0 radical (unpaired) electrons. The Bertz CT molecular complexity index is 786. The van der Waals surface area contributed by atoms with Crippen LogP contribution in [-0.2, 0) is 11.3 Å². The normalized spacial score (nSPS) is 14.4. The largest absolute Gasteiger partial charge is 0.360 e. The number of amides is 1. The van der Waals surface area contributed by atoms with Gasteiger partial charge < -0.3 is 20.4 Å². The third kappa shape index (κ3) is 6.84. The lowest BCUT2D eigenvalue weighted by atomic mass is 10.2. The zero-order valence-electron chi connectivity index (χ0n) is 17.1. The molecule has 1 saturated heterocycles. The van der Waals surface area contributed by atoms with E-state index < -0.39 is 0 Å². The number of anilines is 2. The van der Waals surface area contributed by atoms with E-state index in [4.69, 9.17) is 12.2 Å². The van der Waals surface area contributed by atoms with Gasteiger partial charge in [0.1, 0.15) is 6.54 Å². The molecule has 1 aliphatic rings. The van der Waals surface area contributed by atoms with Crippen molar-refractivity contribution in [3.8, 4) is 0 Å². The molecule has 0 spiro atoms. The highest BCUT2D eigenvalue weighted by Crippen LogP contribution is 2.18. The van der Waals surface area contributed by atoms with Gasteiger partial charge in [-0.15, -0.1) is 0 Å². The number of benzene rings is 2. The second kappa shape index (κ2) is 10.9. The third-order valence-corrected chi connectivity index (χ3v) is 5.47. The van der Waals surface area contributed by atoms with Gasteiger partial charge in [-0.3, -0.25) is 4.79 Å². The molecule has 0 unspecified atom stereocenters. The Morgan fingerprint density at radius 3 is 2.41 bits per heavy atom. The van der Waals surface area contributed by atoms with Crippen molar-refractivity contribution in [3.63, 3.8) is 0 Å². The minimum Gasteiger partial charge on any atom is -0.360 e. The first-order chi connectivity index (χ1) is 14.1. The first kappa shape index (κ1) is 21.3. The van der Waals surface area contributed by atoms with Crippen LogP contribution in [0.1, 0.15) is 31.7 Å². The SMILES string of the molecule is CCCCC(=O)NC(=S)Nc1ccc(N2CC[NH+](Cc3ccccc3)CC2)cc1. The molecule has 0 atom stereocenters. The van der Waals surface area contributed by atoms with E-state index in [0.717, 1.165) is 51.3 Å². The summed E-state index contributed by atoms with van der Waals surface area (Å²) in [5, 5.41) is 6.18. The van der Waals surface area contributed by atoms with Crippen molar-refractivity contribution in [2.24, 2.45) is 0 Å². The van der Waals surface area contributed by atoms with E-state index in [0.29, 0.717) is 11.5 Å². The number of nitrogens with one attached hydrogen (secondary N) is 3. The van der Waals surface area contributed by atoms with E-state index in [2.05, 4.69) is 64.9 Å². The molecule has 3 N–H and O–H groups in total. The fraction of sp³-hybridized carbons (Fsp3) is 0.391. The number of carbonyl (C=O) groups is 1. The number of rotatable bonds is 7. The maximum Gasteiger partial charge on any atom is 0.226 e. The molecular formula is C23H31N4OS+. The maximum atomic E-state index is 11.8. The van der Waals surface area contributed by atoms with Gasteiger partial charge in [0, 0.05) is 23.4 Å². The third-order valence-electron chi connectivity index (χ3n) is 5.27. The molecular weight excluding hydrogens is 380 g/mol. The minimum atomic E-state index is -0.0307. The van der Waals surface area contributed by atoms with Crippen molar-refractivity contribution in [1.82, 2.24) is 5.32 Å². The fourth-order valence-electron chi connectivity index (χ4n) is 3.59. The van der Waals surface area contributed by atoms with Gasteiger partial charge in [0.15, 0.2) is 5.11 Å². The summed E-state index contributed by atoms with van der Waals surface area (Å²) in [5.74, 6) is -0.0307. The molecule has 6 heteroatoms. The van der Waals surface area contributed by atoms with Crippen molar-refractivity contribution >= 4 is 34.6 Å². The van der Waals surface area contributed by atoms with Crippen molar-refractivity contribution in [3.05, 3.63) is 60.2 Å². The van der Waals surface area contributed by atoms with Gasteiger partial charge in [0.25, 0.3) is 0 Å². The fourth-order valence-corrected chi connectivity index (χ4v) is 3.82. The van der Waals surface area contributed by atoms with Crippen LogP contribution in [-0.4, -0.2) is 37.2 Å². The highest BCUT2D eigenvalue weighted by Gasteiger charge is 2.20. The molecule has 2 aromatic rings. The second-order valence-electron chi connectivity index (χ2n) is 7.55. The van der Waals surface area contributed by atoms with Crippen LogP contribution in [0.2, 0.25) is 0 Å². The number of thiocarbonyl (C=S) groups is 1. The molecule has 0 saturated carbocycles. The topological polar surface area (TPSA) is 48.8 Å². The monoisotopic (exact) mass is 411 g/mol. The highest BCUT2D eigenvalue weighted by atomic mass is 32.1. The molecule has 5 nitrogen and oxygen atoms in total. The molecule has 154 valence electrons. The molecule has 1 heterocycles. The Balaban J connectivity index is 1.44. The van der Waals surface area contributed by atoms with Gasteiger partial charge in [-0.25, -0.2) is 0 Å². The summed E-state index contributed by atoms with van der Waals surface area (Å²) in [7, 11) is 0. The van der Waals surface area contributed by atoms with Crippen LogP contribution < -0.4 is 20.4 Å². The summed E-state index contributed by atoms with van der Waals surface area (Å²) < 4.78 is 0. The van der Waals surface area contributed by atoms with Gasteiger partial charge in [0.2, 0.25) is 5.91 Å². The van der Waals surface area contributed by atoms with Gasteiger partial charge >= 0.3 is 0 Å². The van der Waals surface area contributed by atoms with E-state index in [1.54, 1.807) is 4.90 Å². The van der Waals surface area contributed by atoms with Gasteiger partial charge in [0.05, 0.1) is 26.2 Å². The van der Waals surface area contributed by atoms with E-state index in [1.165, 1.54) is 11.3 Å². The number of unbranched alkanes of at least 4 members (excludes halogenated alkanes) is 1. The number of quaternary nitrogens is 1. The van der Waals surface area contributed by atoms with Crippen LogP contribution in [0.3, 0.4) is 0 Å². The number of carbonyl (C=O) groups excluding carboxylic acids is 1. The summed E-state index contributed by atoms with van der Waals surface area (Å²) >= 11 is 5.23. The molecule has 0 aromatic heterocycles. The Hall–Kier alpha value is -2.44. The van der Waals surface area contributed by atoms with E-state index >= 15 is 0 Å². The molecule has 1 amide bonds. The summed E-state index contributed by atoms with van der Waals surface area (Å²) in [6.45, 7) is 7.56. The number of hydrogen-bond donors (Lipinski definition) is 3. The van der Waals surface area contributed by atoms with E-state index in [1.807, 2.05) is 12.1 Å². The van der Waals surface area contributed by atoms with Crippen LogP contribution in [0.25, 0.3) is 0 Å². The van der Waals surface area contributed by atoms with Crippen molar-refractivity contribution < 1.29 is 9.69 Å². The van der Waals surface area contributed by atoms with Crippen LogP contribution in [0.15, 0.2) is 54.6 Å². The van der Waals surface area contributed by atoms with E-state index in [9.17, 15) is 4.79 Å². The molecule has 2 aromatic carbocycles. The average Bonchev–Trinajstić information content (AvgIpc) is 2.74. The lowest BCUT2D eigenvalue weighted by Crippen LogP contribution is -3.13. The zero-order valence-corrected chi connectivity index (χ0v) is 17.9. The predicted molar refractivity (Wildman–Crippen MR) is 123 cm³/mol. The van der Waals surface area contributed by atoms with Crippen molar-refractivity contribution in [2.45, 2.75) is 32.7 Å². The molecule has 29 heavy (non-hydrogen) atoms. The summed E-state index contributed by atoms with van der Waals surface area (Å²) in [5.41, 5.74) is 3.53. The van der Waals surface area contributed by atoms with Crippen molar-refractivity contribution in [1.29, 1.82) is 0 Å². The smallest absolute Gasteiger partial charge is 0.226 e. The van der Waals surface area contributed by atoms with Gasteiger partial charge in [-0.1, -0.05) is 43.7 Å². The molecule has 0 aliphatic carbocycles. The van der Waals surface area contributed by atoms with Crippen LogP contribution in [0, 0.1) is 0 Å². The lowest BCUT2D eigenvalue weighted by Gasteiger charge is -2.33. The Kier molecular flexibility index (Phi) is 8.02. The predicted octanol–water partition coefficient (Wildman–Crippen LogP) is 2.59. The summed E-state index contributed by atoms with van der Waals surface area (Å²) in [4.78, 5) is 15.8. The van der Waals surface area contributed by atoms with Crippen LogP contribution in [0.4, 0.5) is 11.4 Å². The quantitative estimate of drug-likeness (QED) is 0.613. The minimum absolute atomic E-state index is 0.0307. The molecule has 1 fully saturated rings. The first-order valence-corrected chi connectivity index (χ1v) is 10.9. The first-order valence-electron chi connectivity index (χ1n) is 10.5.